The average Bonchev–Trinajstić information content (AvgIpc) is 2.51. The molecule has 2 rings (SSSR count). The number of carbonyl (C=O) groups is 3. The molecule has 0 radical (unpaired) electrons. The van der Waals surface area contributed by atoms with Gasteiger partial charge in [-0.3, -0.25) is 9.59 Å². The molecular formula is C10H6FNO4. The maximum atomic E-state index is 12.4. The lowest BCUT2D eigenvalue weighted by Crippen LogP contribution is -2.28. The minimum Gasteiger partial charge on any atom is -0.478 e. The summed E-state index contributed by atoms with van der Waals surface area (Å²) in [5, 5.41) is 8.71. The Bertz CT molecular complexity index is 512. The lowest BCUT2D eigenvalue weighted by molar-refractivity contribution is 0.0587. The number of benzene rings is 1. The molecule has 0 atom stereocenters. The first kappa shape index (κ1) is 10.3. The molecule has 0 fully saturated rings. The van der Waals surface area contributed by atoms with Gasteiger partial charge in [-0.05, 0) is 18.2 Å². The van der Waals surface area contributed by atoms with Gasteiger partial charge in [0, 0.05) is 0 Å². The number of carboxylic acids is 1. The van der Waals surface area contributed by atoms with Crippen molar-refractivity contribution in [1.82, 2.24) is 4.90 Å². The molecular weight excluding hydrogens is 217 g/mol. The second-order valence-corrected chi connectivity index (χ2v) is 3.22. The second kappa shape index (κ2) is 3.41. The molecule has 0 aliphatic carbocycles. The van der Waals surface area contributed by atoms with Crippen LogP contribution in [0.25, 0.3) is 0 Å². The molecule has 0 saturated heterocycles. The zero-order valence-electron chi connectivity index (χ0n) is 7.94. The van der Waals surface area contributed by atoms with Crippen LogP contribution in [-0.2, 0) is 0 Å². The van der Waals surface area contributed by atoms with Crippen LogP contribution >= 0.6 is 0 Å². The van der Waals surface area contributed by atoms with E-state index in [-0.39, 0.29) is 16.7 Å². The van der Waals surface area contributed by atoms with E-state index in [0.717, 1.165) is 6.07 Å². The Morgan fingerprint density at radius 1 is 1.25 bits per heavy atom. The summed E-state index contributed by atoms with van der Waals surface area (Å²) in [5.41, 5.74) is -0.143. The van der Waals surface area contributed by atoms with E-state index in [4.69, 9.17) is 5.11 Å². The number of fused-ring (bicyclic) bond motifs is 1. The highest BCUT2D eigenvalue weighted by molar-refractivity contribution is 6.21. The maximum absolute atomic E-state index is 12.4. The SMILES string of the molecule is O=C(O)c1ccc2c(c1)C(=O)N(CF)C2=O. The van der Waals surface area contributed by atoms with Crippen molar-refractivity contribution < 1.29 is 23.9 Å². The fourth-order valence-electron chi connectivity index (χ4n) is 1.53. The third kappa shape index (κ3) is 1.27. The van der Waals surface area contributed by atoms with Gasteiger partial charge in [0.05, 0.1) is 16.7 Å². The average molecular weight is 223 g/mol. The molecule has 1 N–H and O–H groups in total. The number of hydrogen-bond acceptors (Lipinski definition) is 3. The molecule has 0 aromatic heterocycles. The summed E-state index contributed by atoms with van der Waals surface area (Å²) in [6.45, 7) is -1.21. The van der Waals surface area contributed by atoms with Gasteiger partial charge in [0.15, 0.2) is 6.80 Å². The molecule has 6 heteroatoms. The van der Waals surface area contributed by atoms with E-state index in [0.29, 0.717) is 4.90 Å². The molecule has 5 nitrogen and oxygen atoms in total. The lowest BCUT2D eigenvalue weighted by Gasteiger charge is -2.05. The van der Waals surface area contributed by atoms with E-state index in [2.05, 4.69) is 0 Å². The molecule has 1 aromatic carbocycles. The standard InChI is InChI=1S/C10H6FNO4/c11-4-12-8(13)6-2-1-5(10(15)16)3-7(6)9(12)14/h1-3H,4H2,(H,15,16). The zero-order valence-corrected chi connectivity index (χ0v) is 7.94. The molecule has 0 unspecified atom stereocenters. The van der Waals surface area contributed by atoms with E-state index < -0.39 is 24.6 Å². The van der Waals surface area contributed by atoms with E-state index in [1.807, 2.05) is 0 Å². The van der Waals surface area contributed by atoms with Crippen LogP contribution in [0.1, 0.15) is 31.1 Å². The van der Waals surface area contributed by atoms with Crippen LogP contribution in [0, 0.1) is 0 Å². The number of nitrogens with zero attached hydrogens (tertiary/aromatic N) is 1. The Hall–Kier alpha value is -2.24. The van der Waals surface area contributed by atoms with Gasteiger partial charge in [-0.2, -0.15) is 0 Å². The number of carboxylic acid groups (broad SMARTS) is 1. The normalized spacial score (nSPS) is 14.2. The van der Waals surface area contributed by atoms with Crippen LogP contribution in [0.3, 0.4) is 0 Å². The summed E-state index contributed by atoms with van der Waals surface area (Å²) in [7, 11) is 0. The molecule has 1 aromatic rings. The molecule has 1 aliphatic heterocycles. The fourth-order valence-corrected chi connectivity index (χ4v) is 1.53. The fraction of sp³-hybridized carbons (Fsp3) is 0.100. The largest absolute Gasteiger partial charge is 0.478 e. The van der Waals surface area contributed by atoms with Gasteiger partial charge < -0.3 is 5.11 Å². The van der Waals surface area contributed by atoms with Crippen molar-refractivity contribution in [3.63, 3.8) is 0 Å². The van der Waals surface area contributed by atoms with Gasteiger partial charge >= 0.3 is 5.97 Å². The smallest absolute Gasteiger partial charge is 0.335 e. The van der Waals surface area contributed by atoms with Crippen molar-refractivity contribution in [1.29, 1.82) is 0 Å². The van der Waals surface area contributed by atoms with Gasteiger partial charge in [0.2, 0.25) is 0 Å². The molecule has 16 heavy (non-hydrogen) atoms. The van der Waals surface area contributed by atoms with E-state index >= 15 is 0 Å². The first-order chi connectivity index (χ1) is 7.56. The first-order valence-electron chi connectivity index (χ1n) is 4.35. The molecule has 2 amide bonds. The van der Waals surface area contributed by atoms with Gasteiger partial charge in [0.25, 0.3) is 11.8 Å². The van der Waals surface area contributed by atoms with Crippen LogP contribution < -0.4 is 0 Å². The van der Waals surface area contributed by atoms with Crippen molar-refractivity contribution in [3.8, 4) is 0 Å². The van der Waals surface area contributed by atoms with Crippen molar-refractivity contribution in [2.75, 3.05) is 6.80 Å². The van der Waals surface area contributed by atoms with E-state index in [1.54, 1.807) is 0 Å². The highest BCUT2D eigenvalue weighted by Gasteiger charge is 2.35. The highest BCUT2D eigenvalue weighted by Crippen LogP contribution is 2.23. The first-order valence-corrected chi connectivity index (χ1v) is 4.35. The number of rotatable bonds is 2. The van der Waals surface area contributed by atoms with Crippen molar-refractivity contribution in [2.45, 2.75) is 0 Å². The number of hydrogen-bond donors (Lipinski definition) is 1. The van der Waals surface area contributed by atoms with Gasteiger partial charge in [0.1, 0.15) is 0 Å². The number of halogens is 1. The van der Waals surface area contributed by atoms with Crippen LogP contribution in [0.4, 0.5) is 4.39 Å². The summed E-state index contributed by atoms with van der Waals surface area (Å²) in [4.78, 5) is 34.0. The second-order valence-electron chi connectivity index (χ2n) is 3.22. The summed E-state index contributed by atoms with van der Waals surface area (Å²) in [6, 6.07) is 3.50. The minimum absolute atomic E-state index is 0.0349. The predicted molar refractivity (Wildman–Crippen MR) is 49.9 cm³/mol. The lowest BCUT2D eigenvalue weighted by atomic mass is 10.1. The summed E-state index contributed by atoms with van der Waals surface area (Å²) < 4.78 is 12.4. The molecule has 0 saturated carbocycles. The quantitative estimate of drug-likeness (QED) is 0.597. The Balaban J connectivity index is 2.56. The monoisotopic (exact) mass is 223 g/mol. The van der Waals surface area contributed by atoms with Crippen LogP contribution in [0.2, 0.25) is 0 Å². The van der Waals surface area contributed by atoms with Crippen LogP contribution in [0.5, 0.6) is 0 Å². The number of aromatic carboxylic acids is 1. The summed E-state index contributed by atoms with van der Waals surface area (Å²) in [5.74, 6) is -2.74. The minimum atomic E-state index is -1.21. The van der Waals surface area contributed by atoms with Crippen molar-refractivity contribution >= 4 is 17.8 Å². The zero-order chi connectivity index (χ0) is 11.9. The van der Waals surface area contributed by atoms with Crippen molar-refractivity contribution in [3.05, 3.63) is 34.9 Å². The Morgan fingerprint density at radius 2 is 1.88 bits per heavy atom. The van der Waals surface area contributed by atoms with E-state index in [9.17, 15) is 18.8 Å². The Morgan fingerprint density at radius 3 is 2.44 bits per heavy atom. The topological polar surface area (TPSA) is 74.7 Å². The van der Waals surface area contributed by atoms with Crippen molar-refractivity contribution in [2.24, 2.45) is 0 Å². The third-order valence-electron chi connectivity index (χ3n) is 2.34. The molecule has 0 bridgehead atoms. The van der Waals surface area contributed by atoms with Crippen LogP contribution in [-0.4, -0.2) is 34.6 Å². The number of carbonyl (C=O) groups excluding carboxylic acids is 2. The Labute approximate surface area is 89.1 Å². The predicted octanol–water partition coefficient (Wildman–Crippen LogP) is 0.908. The third-order valence-corrected chi connectivity index (χ3v) is 2.34. The van der Waals surface area contributed by atoms with Gasteiger partial charge in [-0.15, -0.1) is 0 Å². The summed E-state index contributed by atoms with van der Waals surface area (Å²) >= 11 is 0. The van der Waals surface area contributed by atoms with Gasteiger partial charge in [-0.1, -0.05) is 0 Å². The highest BCUT2D eigenvalue weighted by atomic mass is 19.1. The number of imide groups is 1. The number of amides is 2. The molecule has 1 aliphatic rings. The molecule has 82 valence electrons. The van der Waals surface area contributed by atoms with E-state index in [1.165, 1.54) is 12.1 Å². The van der Waals surface area contributed by atoms with Gasteiger partial charge in [-0.25, -0.2) is 14.1 Å². The summed E-state index contributed by atoms with van der Waals surface area (Å²) in [6.07, 6.45) is 0. The number of alkyl halides is 1. The Kier molecular flexibility index (Phi) is 2.19. The molecule has 1 heterocycles. The van der Waals surface area contributed by atoms with Crippen LogP contribution in [0.15, 0.2) is 18.2 Å². The maximum Gasteiger partial charge on any atom is 0.335 e. The molecule has 0 spiro atoms.